The fraction of sp³-hybridized carbons (Fsp3) is 0.548. The molecule has 9 heteroatoms. The topological polar surface area (TPSA) is 96.4 Å². The first kappa shape index (κ1) is 32.1. The largest absolute Gasteiger partial charge is 0.508 e. The van der Waals surface area contributed by atoms with E-state index in [0.29, 0.717) is 44.5 Å². The van der Waals surface area contributed by atoms with Crippen LogP contribution in [0.2, 0.25) is 0 Å². The average Bonchev–Trinajstić information content (AvgIpc) is 3.35. The van der Waals surface area contributed by atoms with Gasteiger partial charge >= 0.3 is 0 Å². The van der Waals surface area contributed by atoms with E-state index in [-0.39, 0.29) is 30.5 Å². The molecule has 2 aromatic carbocycles. The third-order valence-electron chi connectivity index (χ3n) is 7.80. The SMILES string of the molecule is CN(C)CCCNC(O)C(C)(CCC(=O)N(CCCN1CCCC1=O)Cc1cc(Br)ccc1O)c1ccccc1. The predicted octanol–water partition coefficient (Wildman–Crippen LogP) is 4.09. The zero-order valence-electron chi connectivity index (χ0n) is 24.1. The smallest absolute Gasteiger partial charge is 0.222 e. The van der Waals surface area contributed by atoms with E-state index in [0.717, 1.165) is 36.0 Å². The van der Waals surface area contributed by atoms with Gasteiger partial charge in [0.25, 0.3) is 0 Å². The number of benzene rings is 2. The molecule has 3 N–H and O–H groups in total. The number of hydrogen-bond acceptors (Lipinski definition) is 6. The highest BCUT2D eigenvalue weighted by molar-refractivity contribution is 9.10. The van der Waals surface area contributed by atoms with Crippen molar-refractivity contribution in [3.8, 4) is 5.75 Å². The summed E-state index contributed by atoms with van der Waals surface area (Å²) in [5.74, 6) is 0.268. The summed E-state index contributed by atoms with van der Waals surface area (Å²) in [6.45, 7) is 5.72. The molecule has 0 spiro atoms. The lowest BCUT2D eigenvalue weighted by molar-refractivity contribution is -0.132. The van der Waals surface area contributed by atoms with Crippen molar-refractivity contribution in [1.29, 1.82) is 0 Å². The average molecular weight is 618 g/mol. The van der Waals surface area contributed by atoms with Crippen LogP contribution < -0.4 is 5.32 Å². The molecule has 2 atom stereocenters. The van der Waals surface area contributed by atoms with Gasteiger partial charge in [-0.25, -0.2) is 0 Å². The van der Waals surface area contributed by atoms with Crippen LogP contribution >= 0.6 is 15.9 Å². The Morgan fingerprint density at radius 1 is 1.15 bits per heavy atom. The third kappa shape index (κ3) is 9.29. The van der Waals surface area contributed by atoms with Crippen LogP contribution in [0.4, 0.5) is 0 Å². The van der Waals surface area contributed by atoms with Gasteiger partial charge in [-0.15, -0.1) is 0 Å². The summed E-state index contributed by atoms with van der Waals surface area (Å²) in [4.78, 5) is 31.5. The molecule has 2 amide bonds. The number of amides is 2. The fourth-order valence-corrected chi connectivity index (χ4v) is 5.62. The van der Waals surface area contributed by atoms with Gasteiger partial charge in [-0.05, 0) is 76.6 Å². The summed E-state index contributed by atoms with van der Waals surface area (Å²) in [7, 11) is 4.05. The van der Waals surface area contributed by atoms with Crippen molar-refractivity contribution in [1.82, 2.24) is 20.0 Å². The van der Waals surface area contributed by atoms with Crippen molar-refractivity contribution in [2.24, 2.45) is 0 Å². The number of nitrogens with one attached hydrogen (secondary N) is 1. The number of hydrogen-bond donors (Lipinski definition) is 3. The Morgan fingerprint density at radius 2 is 1.90 bits per heavy atom. The van der Waals surface area contributed by atoms with Crippen LogP contribution in [0.25, 0.3) is 0 Å². The molecule has 220 valence electrons. The summed E-state index contributed by atoms with van der Waals surface area (Å²) in [6, 6.07) is 15.1. The summed E-state index contributed by atoms with van der Waals surface area (Å²) in [6.07, 6.45) is 2.90. The van der Waals surface area contributed by atoms with Gasteiger partial charge in [0.2, 0.25) is 11.8 Å². The lowest BCUT2D eigenvalue weighted by Gasteiger charge is -2.36. The van der Waals surface area contributed by atoms with Gasteiger partial charge in [0, 0.05) is 54.5 Å². The Balaban J connectivity index is 1.72. The monoisotopic (exact) mass is 616 g/mol. The van der Waals surface area contributed by atoms with Crippen molar-refractivity contribution in [3.63, 3.8) is 0 Å². The second-order valence-corrected chi connectivity index (χ2v) is 12.1. The van der Waals surface area contributed by atoms with E-state index >= 15 is 0 Å². The van der Waals surface area contributed by atoms with Crippen molar-refractivity contribution < 1.29 is 19.8 Å². The second kappa shape index (κ2) is 15.5. The summed E-state index contributed by atoms with van der Waals surface area (Å²) in [5, 5.41) is 25.0. The number of carbonyl (C=O) groups is 2. The molecular weight excluding hydrogens is 572 g/mol. The minimum Gasteiger partial charge on any atom is -0.508 e. The molecule has 1 heterocycles. The van der Waals surface area contributed by atoms with Crippen LogP contribution in [-0.2, 0) is 21.5 Å². The first-order valence-corrected chi connectivity index (χ1v) is 15.0. The molecule has 1 aliphatic heterocycles. The van der Waals surface area contributed by atoms with Gasteiger partial charge in [0.15, 0.2) is 0 Å². The molecule has 0 aromatic heterocycles. The lowest BCUT2D eigenvalue weighted by atomic mass is 9.76. The number of carbonyl (C=O) groups excluding carboxylic acids is 2. The maximum Gasteiger partial charge on any atom is 0.222 e. The van der Waals surface area contributed by atoms with Crippen LogP contribution in [0.3, 0.4) is 0 Å². The lowest BCUT2D eigenvalue weighted by Crippen LogP contribution is -2.48. The van der Waals surface area contributed by atoms with Gasteiger partial charge in [0.1, 0.15) is 12.0 Å². The minimum absolute atomic E-state index is 0.0471. The highest BCUT2D eigenvalue weighted by atomic mass is 79.9. The number of aliphatic hydroxyl groups excluding tert-OH is 1. The molecule has 1 aliphatic rings. The zero-order chi connectivity index (χ0) is 29.1. The molecule has 2 aromatic rings. The van der Waals surface area contributed by atoms with Gasteiger partial charge in [-0.1, -0.05) is 53.2 Å². The maximum absolute atomic E-state index is 13.7. The molecule has 0 saturated carbocycles. The Hall–Kier alpha value is -2.46. The van der Waals surface area contributed by atoms with Crippen molar-refractivity contribution >= 4 is 27.7 Å². The molecule has 0 bridgehead atoms. The maximum atomic E-state index is 13.7. The Morgan fingerprint density at radius 3 is 2.58 bits per heavy atom. The van der Waals surface area contributed by atoms with Crippen LogP contribution in [0.15, 0.2) is 53.0 Å². The molecule has 8 nitrogen and oxygen atoms in total. The Bertz CT molecular complexity index is 1100. The van der Waals surface area contributed by atoms with E-state index in [2.05, 4.69) is 26.1 Å². The van der Waals surface area contributed by atoms with Crippen LogP contribution in [0, 0.1) is 0 Å². The molecule has 0 aliphatic carbocycles. The van der Waals surface area contributed by atoms with Crippen LogP contribution in [0.5, 0.6) is 5.75 Å². The molecule has 0 radical (unpaired) electrons. The van der Waals surface area contributed by atoms with E-state index in [9.17, 15) is 19.8 Å². The Labute approximate surface area is 247 Å². The van der Waals surface area contributed by atoms with E-state index in [1.807, 2.05) is 62.3 Å². The van der Waals surface area contributed by atoms with Crippen molar-refractivity contribution in [3.05, 3.63) is 64.1 Å². The normalized spacial score (nSPS) is 15.8. The quantitative estimate of drug-likeness (QED) is 0.194. The number of rotatable bonds is 16. The first-order chi connectivity index (χ1) is 19.1. The van der Waals surface area contributed by atoms with Crippen LogP contribution in [0.1, 0.15) is 56.6 Å². The fourth-order valence-electron chi connectivity index (χ4n) is 5.21. The van der Waals surface area contributed by atoms with Crippen molar-refractivity contribution in [2.45, 2.75) is 63.6 Å². The molecule has 3 rings (SSSR count). The molecular formula is C31H45BrN4O4. The molecule has 1 saturated heterocycles. The minimum atomic E-state index is -0.825. The van der Waals surface area contributed by atoms with Crippen LogP contribution in [-0.4, -0.2) is 89.8 Å². The highest BCUT2D eigenvalue weighted by Crippen LogP contribution is 2.33. The molecule has 2 unspecified atom stereocenters. The Kier molecular flexibility index (Phi) is 12.4. The first-order valence-electron chi connectivity index (χ1n) is 14.2. The van der Waals surface area contributed by atoms with Gasteiger partial charge < -0.3 is 24.9 Å². The number of phenolic OH excluding ortho intramolecular Hbond substituents is 1. The third-order valence-corrected chi connectivity index (χ3v) is 8.29. The summed E-state index contributed by atoms with van der Waals surface area (Å²) in [5.41, 5.74) is 0.952. The summed E-state index contributed by atoms with van der Waals surface area (Å²) < 4.78 is 0.829. The number of aliphatic hydroxyl groups is 1. The molecule has 1 fully saturated rings. The van der Waals surface area contributed by atoms with Gasteiger partial charge in [0.05, 0.1) is 0 Å². The number of phenols is 1. The summed E-state index contributed by atoms with van der Waals surface area (Å²) >= 11 is 3.46. The van der Waals surface area contributed by atoms with E-state index in [4.69, 9.17) is 0 Å². The molecule has 40 heavy (non-hydrogen) atoms. The highest BCUT2D eigenvalue weighted by Gasteiger charge is 2.35. The number of nitrogens with zero attached hydrogens (tertiary/aromatic N) is 3. The number of aromatic hydroxyl groups is 1. The van der Waals surface area contributed by atoms with Crippen molar-refractivity contribution in [2.75, 3.05) is 46.8 Å². The van der Waals surface area contributed by atoms with Gasteiger partial charge in [-0.2, -0.15) is 0 Å². The predicted molar refractivity (Wildman–Crippen MR) is 162 cm³/mol. The van der Waals surface area contributed by atoms with E-state index < -0.39 is 11.6 Å². The van der Waals surface area contributed by atoms with Gasteiger partial charge in [-0.3, -0.25) is 14.9 Å². The standard InChI is InChI=1S/C31H45BrN4O4/c1-31(25-10-5-4-6-11-25,30(40)33-17-8-18-34(2)3)16-15-29(39)36(21-9-20-35-19-7-12-28(35)38)23-24-22-26(32)13-14-27(24)37/h4-6,10-11,13-14,22,30,33,37,40H,7-9,12,15-21,23H2,1-3H3. The van der Waals surface area contributed by atoms with E-state index in [1.165, 1.54) is 0 Å². The second-order valence-electron chi connectivity index (χ2n) is 11.2. The number of likely N-dealkylation sites (tertiary alicyclic amines) is 1. The number of halogens is 1. The zero-order valence-corrected chi connectivity index (χ0v) is 25.7. The van der Waals surface area contributed by atoms with E-state index in [1.54, 1.807) is 17.0 Å².